The van der Waals surface area contributed by atoms with Crippen molar-refractivity contribution in [2.45, 2.75) is 31.7 Å². The summed E-state index contributed by atoms with van der Waals surface area (Å²) in [5.41, 5.74) is 0. The van der Waals surface area contributed by atoms with Crippen molar-refractivity contribution in [1.82, 2.24) is 9.62 Å². The topological polar surface area (TPSA) is 67.9 Å². The van der Waals surface area contributed by atoms with Gasteiger partial charge in [-0.05, 0) is 44.3 Å². The maximum Gasteiger partial charge on any atom is 0.240 e. The summed E-state index contributed by atoms with van der Waals surface area (Å²) >= 11 is 0. The zero-order valence-corrected chi connectivity index (χ0v) is 15.2. The summed E-state index contributed by atoms with van der Waals surface area (Å²) in [7, 11) is -1.90. The summed E-state index contributed by atoms with van der Waals surface area (Å²) in [6, 6.07) is 6.55. The molecule has 0 amide bonds. The van der Waals surface area contributed by atoms with Crippen LogP contribution in [-0.2, 0) is 14.8 Å². The molecule has 23 heavy (non-hydrogen) atoms. The van der Waals surface area contributed by atoms with Crippen LogP contribution in [0.4, 0.5) is 0 Å². The van der Waals surface area contributed by atoms with Gasteiger partial charge in [-0.15, -0.1) is 0 Å². The lowest BCUT2D eigenvalue weighted by atomic mass is 10.3. The number of sulfonamides is 1. The fourth-order valence-electron chi connectivity index (χ4n) is 2.25. The van der Waals surface area contributed by atoms with Gasteiger partial charge >= 0.3 is 0 Å². The number of hydrogen-bond donors (Lipinski definition) is 1. The van der Waals surface area contributed by atoms with Crippen LogP contribution in [0.25, 0.3) is 0 Å². The number of nitrogens with zero attached hydrogens (tertiary/aromatic N) is 1. The van der Waals surface area contributed by atoms with Crippen molar-refractivity contribution in [1.29, 1.82) is 0 Å². The Labute approximate surface area is 139 Å². The second-order valence-corrected chi connectivity index (χ2v) is 7.00. The third-order valence-electron chi connectivity index (χ3n) is 3.69. The van der Waals surface area contributed by atoms with Gasteiger partial charge in [-0.25, -0.2) is 13.1 Å². The lowest BCUT2D eigenvalue weighted by Crippen LogP contribution is -2.41. The van der Waals surface area contributed by atoms with Gasteiger partial charge in [0, 0.05) is 19.7 Å². The molecule has 0 saturated carbocycles. The van der Waals surface area contributed by atoms with Crippen LogP contribution < -0.4 is 9.46 Å². The van der Waals surface area contributed by atoms with Crippen LogP contribution in [0.15, 0.2) is 29.2 Å². The molecular weight excluding hydrogens is 316 g/mol. The molecule has 1 unspecified atom stereocenters. The first-order chi connectivity index (χ1) is 10.9. The van der Waals surface area contributed by atoms with E-state index in [1.165, 1.54) is 0 Å². The minimum Gasteiger partial charge on any atom is -0.491 e. The predicted molar refractivity (Wildman–Crippen MR) is 91.4 cm³/mol. The molecule has 132 valence electrons. The number of ether oxygens (including phenoxy) is 2. The number of likely N-dealkylation sites (N-methyl/N-ethyl adjacent to an activating group) is 1. The van der Waals surface area contributed by atoms with Crippen LogP contribution in [0.3, 0.4) is 0 Å². The first kappa shape index (κ1) is 19.9. The van der Waals surface area contributed by atoms with Gasteiger partial charge in [0.15, 0.2) is 0 Å². The van der Waals surface area contributed by atoms with Gasteiger partial charge in [0.2, 0.25) is 10.0 Å². The quantitative estimate of drug-likeness (QED) is 0.619. The van der Waals surface area contributed by atoms with Gasteiger partial charge in [-0.2, -0.15) is 0 Å². The zero-order chi connectivity index (χ0) is 17.3. The van der Waals surface area contributed by atoms with Gasteiger partial charge in [0.1, 0.15) is 12.4 Å². The normalized spacial score (nSPS) is 13.3. The summed E-state index contributed by atoms with van der Waals surface area (Å²) in [5, 5.41) is 0. The van der Waals surface area contributed by atoms with Crippen LogP contribution in [0.5, 0.6) is 5.75 Å². The molecule has 0 radical (unpaired) electrons. The SMILES string of the molecule is CCN(CC)C(C)CNS(=O)(=O)c1ccc(OCCOC)cc1. The van der Waals surface area contributed by atoms with Gasteiger partial charge < -0.3 is 9.47 Å². The number of rotatable bonds is 11. The van der Waals surface area contributed by atoms with E-state index in [2.05, 4.69) is 23.5 Å². The highest BCUT2D eigenvalue weighted by molar-refractivity contribution is 7.89. The fourth-order valence-corrected chi connectivity index (χ4v) is 3.37. The van der Waals surface area contributed by atoms with E-state index in [-0.39, 0.29) is 10.9 Å². The van der Waals surface area contributed by atoms with E-state index >= 15 is 0 Å². The Morgan fingerprint density at radius 1 is 1.13 bits per heavy atom. The second kappa shape index (κ2) is 9.87. The first-order valence-electron chi connectivity index (χ1n) is 7.90. The highest BCUT2D eigenvalue weighted by Gasteiger charge is 2.17. The molecule has 0 heterocycles. The molecule has 1 N–H and O–H groups in total. The molecular formula is C16H28N2O4S. The van der Waals surface area contributed by atoms with E-state index in [1.807, 2.05) is 6.92 Å². The third kappa shape index (κ3) is 6.47. The molecule has 0 saturated heterocycles. The highest BCUT2D eigenvalue weighted by atomic mass is 32.2. The third-order valence-corrected chi connectivity index (χ3v) is 5.13. The van der Waals surface area contributed by atoms with Crippen LogP contribution in [0, 0.1) is 0 Å². The Morgan fingerprint density at radius 2 is 1.74 bits per heavy atom. The number of hydrogen-bond acceptors (Lipinski definition) is 5. The van der Waals surface area contributed by atoms with Crippen molar-refractivity contribution < 1.29 is 17.9 Å². The molecule has 0 fully saturated rings. The van der Waals surface area contributed by atoms with Crippen LogP contribution in [0.1, 0.15) is 20.8 Å². The molecule has 0 aromatic heterocycles. The Morgan fingerprint density at radius 3 is 2.26 bits per heavy atom. The Kier molecular flexibility index (Phi) is 8.54. The van der Waals surface area contributed by atoms with Crippen LogP contribution >= 0.6 is 0 Å². The standard InChI is InChI=1S/C16H28N2O4S/c1-5-18(6-2)14(3)13-17-23(19,20)16-9-7-15(8-10-16)22-12-11-21-4/h7-10,14,17H,5-6,11-13H2,1-4H3. The number of benzene rings is 1. The molecule has 1 rings (SSSR count). The van der Waals surface area contributed by atoms with Gasteiger partial charge in [0.05, 0.1) is 11.5 Å². The predicted octanol–water partition coefficient (Wildman–Crippen LogP) is 1.72. The lowest BCUT2D eigenvalue weighted by Gasteiger charge is -2.26. The lowest BCUT2D eigenvalue weighted by molar-refractivity contribution is 0.146. The fraction of sp³-hybridized carbons (Fsp3) is 0.625. The largest absolute Gasteiger partial charge is 0.491 e. The van der Waals surface area contributed by atoms with Crippen molar-refractivity contribution in [2.24, 2.45) is 0 Å². The molecule has 0 spiro atoms. The molecule has 1 atom stereocenters. The Hall–Kier alpha value is -1.15. The molecule has 7 heteroatoms. The zero-order valence-electron chi connectivity index (χ0n) is 14.4. The van der Waals surface area contributed by atoms with Crippen molar-refractivity contribution in [3.8, 4) is 5.75 Å². The smallest absolute Gasteiger partial charge is 0.240 e. The summed E-state index contributed by atoms with van der Waals surface area (Å²) in [5.74, 6) is 0.623. The van der Waals surface area contributed by atoms with E-state index < -0.39 is 10.0 Å². The Bertz CT molecular complexity index is 542. The molecule has 6 nitrogen and oxygen atoms in total. The molecule has 0 bridgehead atoms. The first-order valence-corrected chi connectivity index (χ1v) is 9.38. The summed E-state index contributed by atoms with van der Waals surface area (Å²) in [4.78, 5) is 2.44. The molecule has 0 aliphatic rings. The van der Waals surface area contributed by atoms with Crippen molar-refractivity contribution in [3.05, 3.63) is 24.3 Å². The van der Waals surface area contributed by atoms with Crippen molar-refractivity contribution >= 4 is 10.0 Å². The van der Waals surface area contributed by atoms with Crippen molar-refractivity contribution in [2.75, 3.05) is 40.0 Å². The van der Waals surface area contributed by atoms with E-state index in [1.54, 1.807) is 31.4 Å². The van der Waals surface area contributed by atoms with E-state index in [0.29, 0.717) is 25.5 Å². The Balaban J connectivity index is 2.62. The molecule has 0 aliphatic carbocycles. The van der Waals surface area contributed by atoms with Gasteiger partial charge in [-0.3, -0.25) is 4.90 Å². The monoisotopic (exact) mass is 344 g/mol. The van der Waals surface area contributed by atoms with E-state index in [0.717, 1.165) is 13.1 Å². The van der Waals surface area contributed by atoms with E-state index in [4.69, 9.17) is 9.47 Å². The summed E-state index contributed by atoms with van der Waals surface area (Å²) < 4.78 is 37.6. The number of methoxy groups -OCH3 is 1. The molecule has 0 aliphatic heterocycles. The van der Waals surface area contributed by atoms with Gasteiger partial charge in [0.25, 0.3) is 0 Å². The maximum absolute atomic E-state index is 12.3. The second-order valence-electron chi connectivity index (χ2n) is 5.23. The maximum atomic E-state index is 12.3. The molecule has 1 aromatic carbocycles. The van der Waals surface area contributed by atoms with Crippen molar-refractivity contribution in [3.63, 3.8) is 0 Å². The summed E-state index contributed by atoms with van der Waals surface area (Å²) in [6.07, 6.45) is 0. The minimum atomic E-state index is -3.50. The number of nitrogens with one attached hydrogen (secondary N) is 1. The van der Waals surface area contributed by atoms with Crippen LogP contribution in [-0.4, -0.2) is 59.3 Å². The molecule has 1 aromatic rings. The average molecular weight is 344 g/mol. The van der Waals surface area contributed by atoms with Crippen LogP contribution in [0.2, 0.25) is 0 Å². The minimum absolute atomic E-state index is 0.149. The summed E-state index contributed by atoms with van der Waals surface area (Å²) in [6.45, 7) is 9.25. The highest BCUT2D eigenvalue weighted by Crippen LogP contribution is 2.16. The van der Waals surface area contributed by atoms with E-state index in [9.17, 15) is 8.42 Å². The van der Waals surface area contributed by atoms with Gasteiger partial charge in [-0.1, -0.05) is 13.8 Å². The average Bonchev–Trinajstić information content (AvgIpc) is 2.55.